The van der Waals surface area contributed by atoms with Gasteiger partial charge in [0.25, 0.3) is 0 Å². The Labute approximate surface area is 117 Å². The summed E-state index contributed by atoms with van der Waals surface area (Å²) in [6.45, 7) is 9.13. The molecule has 1 rings (SSSR count). The van der Waals surface area contributed by atoms with E-state index in [1.54, 1.807) is 12.1 Å². The Morgan fingerprint density at radius 1 is 1.35 bits per heavy atom. The van der Waals surface area contributed by atoms with Gasteiger partial charge in [-0.15, -0.1) is 0 Å². The first kappa shape index (κ1) is 14.8. The maximum atomic E-state index is 10.0. The highest BCUT2D eigenvalue weighted by atomic mass is 35.5. The average Bonchev–Trinajstić information content (AvgIpc) is 2.11. The predicted molar refractivity (Wildman–Crippen MR) is 75.2 cm³/mol. The summed E-state index contributed by atoms with van der Waals surface area (Å²) >= 11 is 17.9. The maximum Gasteiger partial charge on any atom is 0.146 e. The lowest BCUT2D eigenvalue weighted by atomic mass is 9.85. The smallest absolute Gasteiger partial charge is 0.146 e. The first-order valence-corrected chi connectivity index (χ1v) is 6.30. The summed E-state index contributed by atoms with van der Waals surface area (Å²) in [7, 11) is 0. The van der Waals surface area contributed by atoms with Crippen molar-refractivity contribution in [2.24, 2.45) is 0 Å². The molecule has 2 atom stereocenters. The van der Waals surface area contributed by atoms with Gasteiger partial charge in [0.05, 0.1) is 10.0 Å². The normalized spacial score (nSPS) is 16.4. The van der Waals surface area contributed by atoms with E-state index in [9.17, 15) is 5.11 Å². The highest BCUT2D eigenvalue weighted by Crippen LogP contribution is 2.40. The number of benzene rings is 1. The van der Waals surface area contributed by atoms with E-state index in [0.29, 0.717) is 10.0 Å². The summed E-state index contributed by atoms with van der Waals surface area (Å²) in [5.41, 5.74) is 2.53. The minimum absolute atomic E-state index is 0.390. The van der Waals surface area contributed by atoms with Gasteiger partial charge in [-0.2, -0.15) is 0 Å². The van der Waals surface area contributed by atoms with Gasteiger partial charge >= 0.3 is 0 Å². The van der Waals surface area contributed by atoms with Crippen LogP contribution in [0.2, 0.25) is 10.0 Å². The van der Waals surface area contributed by atoms with Gasteiger partial charge in [0.15, 0.2) is 0 Å². The monoisotopic (exact) mass is 292 g/mol. The quantitative estimate of drug-likeness (QED) is 0.620. The first-order chi connectivity index (χ1) is 7.64. The molecule has 1 aromatic carbocycles. The van der Waals surface area contributed by atoms with Crippen molar-refractivity contribution in [3.8, 4) is 0 Å². The number of aryl methyl sites for hydroxylation is 1. The van der Waals surface area contributed by atoms with Crippen molar-refractivity contribution in [3.63, 3.8) is 0 Å². The molecule has 2 unspecified atom stereocenters. The van der Waals surface area contributed by atoms with E-state index in [-0.39, 0.29) is 5.92 Å². The second-order valence-electron chi connectivity index (χ2n) is 4.43. The molecule has 1 aromatic rings. The molecule has 0 amide bonds. The molecule has 1 N–H and O–H groups in total. The zero-order valence-corrected chi connectivity index (χ0v) is 12.3. The van der Waals surface area contributed by atoms with E-state index in [2.05, 4.69) is 6.58 Å². The van der Waals surface area contributed by atoms with Crippen molar-refractivity contribution in [3.05, 3.63) is 45.5 Å². The summed E-state index contributed by atoms with van der Waals surface area (Å²) in [4.78, 5) is 0. The second-order valence-corrected chi connectivity index (χ2v) is 6.01. The van der Waals surface area contributed by atoms with Crippen molar-refractivity contribution in [1.29, 1.82) is 0 Å². The van der Waals surface area contributed by atoms with E-state index in [4.69, 9.17) is 34.8 Å². The molecule has 0 saturated heterocycles. The van der Waals surface area contributed by atoms with Crippen LogP contribution in [0.15, 0.2) is 24.3 Å². The van der Waals surface area contributed by atoms with Gasteiger partial charge in [0, 0.05) is 5.92 Å². The first-order valence-electron chi connectivity index (χ1n) is 5.16. The lowest BCUT2D eigenvalue weighted by molar-refractivity contribution is 0.129. The Hall–Kier alpha value is -0.210. The average molecular weight is 294 g/mol. The predicted octanol–water partition coefficient (Wildman–Crippen LogP) is 4.91. The van der Waals surface area contributed by atoms with Gasteiger partial charge in [0.2, 0.25) is 0 Å². The summed E-state index contributed by atoms with van der Waals surface area (Å²) in [5, 5.41) is 9.54. The number of aliphatic hydroxyl groups is 1. The van der Waals surface area contributed by atoms with Crippen molar-refractivity contribution >= 4 is 34.8 Å². The van der Waals surface area contributed by atoms with Crippen molar-refractivity contribution < 1.29 is 5.11 Å². The molecule has 17 heavy (non-hydrogen) atoms. The number of alkyl halides is 1. The van der Waals surface area contributed by atoms with Gasteiger partial charge in [-0.3, -0.25) is 0 Å². The standard InChI is InChI=1S/C13H15Cl3O/c1-7(2)12(13(4,16)17)9-6-11(15)10(14)5-8(9)3/h5-6,12,17H,1H2,2-4H3. The molecule has 4 heteroatoms. The Morgan fingerprint density at radius 2 is 1.82 bits per heavy atom. The lowest BCUT2D eigenvalue weighted by Crippen LogP contribution is -2.27. The highest BCUT2D eigenvalue weighted by Gasteiger charge is 2.32. The third-order valence-electron chi connectivity index (χ3n) is 2.64. The number of rotatable bonds is 3. The Morgan fingerprint density at radius 3 is 2.24 bits per heavy atom. The van der Waals surface area contributed by atoms with E-state index in [1.807, 2.05) is 13.8 Å². The zero-order chi connectivity index (χ0) is 13.4. The van der Waals surface area contributed by atoms with Gasteiger partial charge < -0.3 is 5.11 Å². The molecule has 0 radical (unpaired) electrons. The van der Waals surface area contributed by atoms with Gasteiger partial charge in [-0.25, -0.2) is 0 Å². The second kappa shape index (κ2) is 5.19. The molecular weight excluding hydrogens is 279 g/mol. The molecule has 0 aliphatic rings. The Bertz CT molecular complexity index is 447. The Kier molecular flexibility index (Phi) is 4.54. The molecule has 0 saturated carbocycles. The molecule has 1 nitrogen and oxygen atoms in total. The molecule has 0 aliphatic heterocycles. The van der Waals surface area contributed by atoms with Crippen LogP contribution in [-0.4, -0.2) is 10.2 Å². The van der Waals surface area contributed by atoms with Crippen LogP contribution in [0.1, 0.15) is 30.9 Å². The number of halogens is 3. The zero-order valence-electron chi connectivity index (χ0n) is 10.0. The fraction of sp³-hybridized carbons (Fsp3) is 0.385. The van der Waals surface area contributed by atoms with Crippen LogP contribution in [0.25, 0.3) is 0 Å². The summed E-state index contributed by atoms with van der Waals surface area (Å²) in [6, 6.07) is 3.49. The van der Waals surface area contributed by atoms with E-state index < -0.39 is 5.06 Å². The summed E-state index contributed by atoms with van der Waals surface area (Å²) in [5.74, 6) is -0.390. The van der Waals surface area contributed by atoms with Crippen LogP contribution < -0.4 is 0 Å². The summed E-state index contributed by atoms with van der Waals surface area (Å²) < 4.78 is 0. The number of hydrogen-bond acceptors (Lipinski definition) is 1. The number of hydrogen-bond donors (Lipinski definition) is 1. The van der Waals surface area contributed by atoms with Gasteiger partial charge in [-0.1, -0.05) is 47.0 Å². The van der Waals surface area contributed by atoms with Crippen LogP contribution in [0.5, 0.6) is 0 Å². The molecule has 94 valence electrons. The molecule has 0 fully saturated rings. The molecule has 0 heterocycles. The topological polar surface area (TPSA) is 20.2 Å². The minimum atomic E-state index is -1.41. The van der Waals surface area contributed by atoms with Crippen molar-refractivity contribution in [2.75, 3.05) is 0 Å². The lowest BCUT2D eigenvalue weighted by Gasteiger charge is -2.29. The van der Waals surface area contributed by atoms with Crippen LogP contribution in [0, 0.1) is 6.92 Å². The van der Waals surface area contributed by atoms with Crippen LogP contribution in [0.4, 0.5) is 0 Å². The van der Waals surface area contributed by atoms with E-state index >= 15 is 0 Å². The minimum Gasteiger partial charge on any atom is -0.374 e. The van der Waals surface area contributed by atoms with Gasteiger partial charge in [-0.05, 0) is 44.0 Å². The van der Waals surface area contributed by atoms with Crippen LogP contribution in [-0.2, 0) is 0 Å². The highest BCUT2D eigenvalue weighted by molar-refractivity contribution is 6.42. The molecule has 0 aromatic heterocycles. The maximum absolute atomic E-state index is 10.0. The van der Waals surface area contributed by atoms with E-state index in [0.717, 1.165) is 16.7 Å². The molecule has 0 bridgehead atoms. The SMILES string of the molecule is C=C(C)C(c1cc(Cl)c(Cl)cc1C)C(C)(O)Cl. The molecule has 0 spiro atoms. The molecular formula is C13H15Cl3O. The van der Waals surface area contributed by atoms with Crippen LogP contribution in [0.3, 0.4) is 0 Å². The largest absolute Gasteiger partial charge is 0.374 e. The van der Waals surface area contributed by atoms with Crippen molar-refractivity contribution in [1.82, 2.24) is 0 Å². The van der Waals surface area contributed by atoms with Crippen molar-refractivity contribution in [2.45, 2.75) is 31.7 Å². The third-order valence-corrected chi connectivity index (χ3v) is 3.58. The summed E-state index contributed by atoms with van der Waals surface area (Å²) in [6.07, 6.45) is 0. The van der Waals surface area contributed by atoms with Crippen LogP contribution >= 0.6 is 34.8 Å². The fourth-order valence-electron chi connectivity index (χ4n) is 1.97. The van der Waals surface area contributed by atoms with Gasteiger partial charge in [0.1, 0.15) is 5.06 Å². The third kappa shape index (κ3) is 3.38. The Balaban J connectivity index is 3.39. The fourth-order valence-corrected chi connectivity index (χ4v) is 2.67. The molecule has 0 aliphatic carbocycles. The van der Waals surface area contributed by atoms with E-state index in [1.165, 1.54) is 6.92 Å².